The van der Waals surface area contributed by atoms with Crippen molar-refractivity contribution in [2.45, 2.75) is 45.4 Å². The van der Waals surface area contributed by atoms with E-state index in [4.69, 9.17) is 0 Å². The maximum absolute atomic E-state index is 4.43. The van der Waals surface area contributed by atoms with Gasteiger partial charge in [0.15, 0.2) is 0 Å². The van der Waals surface area contributed by atoms with Crippen LogP contribution in [-0.2, 0) is 0 Å². The van der Waals surface area contributed by atoms with E-state index in [0.29, 0.717) is 5.92 Å². The third-order valence-electron chi connectivity index (χ3n) is 3.32. The fraction of sp³-hybridized carbons (Fsp3) is 0.750. The highest BCUT2D eigenvalue weighted by molar-refractivity contribution is 5.67. The van der Waals surface area contributed by atoms with E-state index < -0.39 is 0 Å². The second-order valence-corrected chi connectivity index (χ2v) is 4.35. The summed E-state index contributed by atoms with van der Waals surface area (Å²) in [4.78, 5) is 4.43. The third-order valence-corrected chi connectivity index (χ3v) is 3.32. The van der Waals surface area contributed by atoms with Gasteiger partial charge in [-0.2, -0.15) is 0 Å². The Morgan fingerprint density at radius 3 is 3.00 bits per heavy atom. The number of fused-ring (bicyclic) bond motifs is 1. The van der Waals surface area contributed by atoms with Gasteiger partial charge in [0.2, 0.25) is 0 Å². The van der Waals surface area contributed by atoms with Crippen molar-refractivity contribution in [2.75, 3.05) is 6.54 Å². The minimum Gasteiger partial charge on any atom is -0.292 e. The molecule has 1 nitrogen and oxygen atoms in total. The molecule has 1 aliphatic heterocycles. The Morgan fingerprint density at radius 2 is 2.08 bits per heavy atom. The molecule has 0 bridgehead atoms. The zero-order valence-electron chi connectivity index (χ0n) is 8.55. The molecule has 0 aromatic carbocycles. The molecule has 1 aliphatic carbocycles. The molecule has 0 aromatic heterocycles. The van der Waals surface area contributed by atoms with E-state index in [2.05, 4.69) is 18.1 Å². The number of nitrogens with zero attached hydrogens (tertiary/aromatic N) is 1. The molecule has 2 rings (SSSR count). The van der Waals surface area contributed by atoms with Crippen molar-refractivity contribution in [1.82, 2.24) is 0 Å². The predicted molar refractivity (Wildman–Crippen MR) is 57.3 cm³/mol. The van der Waals surface area contributed by atoms with Crippen molar-refractivity contribution < 1.29 is 0 Å². The molecule has 0 amide bonds. The van der Waals surface area contributed by atoms with Gasteiger partial charge in [-0.05, 0) is 26.2 Å². The van der Waals surface area contributed by atoms with Crippen LogP contribution in [0.1, 0.15) is 45.4 Å². The van der Waals surface area contributed by atoms with Gasteiger partial charge >= 0.3 is 0 Å². The molecule has 0 spiro atoms. The molecule has 1 unspecified atom stereocenters. The molecular formula is C12H19N. The number of hydrogen-bond acceptors (Lipinski definition) is 1. The van der Waals surface area contributed by atoms with Gasteiger partial charge in [0.1, 0.15) is 0 Å². The summed E-state index contributed by atoms with van der Waals surface area (Å²) in [6.45, 7) is 3.23. The molecule has 1 fully saturated rings. The molecule has 1 heteroatoms. The first-order valence-electron chi connectivity index (χ1n) is 5.56. The van der Waals surface area contributed by atoms with Gasteiger partial charge < -0.3 is 0 Å². The molecule has 0 N–H and O–H groups in total. The van der Waals surface area contributed by atoms with Crippen molar-refractivity contribution in [3.05, 3.63) is 11.1 Å². The van der Waals surface area contributed by atoms with Crippen LogP contribution in [0, 0.1) is 5.92 Å². The van der Waals surface area contributed by atoms with Crippen LogP contribution in [0.2, 0.25) is 0 Å². The molecule has 0 radical (unpaired) electrons. The van der Waals surface area contributed by atoms with Gasteiger partial charge in [-0.25, -0.2) is 0 Å². The van der Waals surface area contributed by atoms with Gasteiger partial charge in [-0.1, -0.05) is 30.4 Å². The predicted octanol–water partition coefficient (Wildman–Crippen LogP) is 3.36. The van der Waals surface area contributed by atoms with Crippen molar-refractivity contribution in [2.24, 2.45) is 10.9 Å². The lowest BCUT2D eigenvalue weighted by molar-refractivity contribution is 0.524. The minimum absolute atomic E-state index is 0.703. The van der Waals surface area contributed by atoms with Crippen LogP contribution in [0.3, 0.4) is 0 Å². The lowest BCUT2D eigenvalue weighted by Gasteiger charge is -2.24. The van der Waals surface area contributed by atoms with E-state index in [0.717, 1.165) is 6.54 Å². The highest BCUT2D eigenvalue weighted by atomic mass is 14.7. The quantitative estimate of drug-likeness (QED) is 0.503. The van der Waals surface area contributed by atoms with Gasteiger partial charge in [0, 0.05) is 12.1 Å². The fourth-order valence-electron chi connectivity index (χ4n) is 2.51. The summed E-state index contributed by atoms with van der Waals surface area (Å²) in [7, 11) is 0. The summed E-state index contributed by atoms with van der Waals surface area (Å²) in [5.74, 6) is 0.703. The molecule has 72 valence electrons. The van der Waals surface area contributed by atoms with Crippen molar-refractivity contribution in [3.8, 4) is 0 Å². The Hall–Kier alpha value is -0.590. The highest BCUT2D eigenvalue weighted by Crippen LogP contribution is 2.30. The number of dihydropyridines is 1. The minimum atomic E-state index is 0.703. The van der Waals surface area contributed by atoms with Gasteiger partial charge in [-0.3, -0.25) is 4.99 Å². The maximum Gasteiger partial charge on any atom is 0.0596 e. The van der Waals surface area contributed by atoms with Crippen LogP contribution in [0.4, 0.5) is 0 Å². The lowest BCUT2D eigenvalue weighted by atomic mass is 9.83. The van der Waals surface area contributed by atoms with Crippen molar-refractivity contribution in [1.29, 1.82) is 0 Å². The van der Waals surface area contributed by atoms with Crippen LogP contribution in [0.25, 0.3) is 0 Å². The van der Waals surface area contributed by atoms with Crippen molar-refractivity contribution in [3.63, 3.8) is 0 Å². The Morgan fingerprint density at radius 1 is 1.23 bits per heavy atom. The molecule has 2 aliphatic rings. The average Bonchev–Trinajstić information content (AvgIpc) is 2.07. The second-order valence-electron chi connectivity index (χ2n) is 4.35. The zero-order valence-corrected chi connectivity index (χ0v) is 8.55. The number of aliphatic imine (C=N–C) groups is 1. The van der Waals surface area contributed by atoms with E-state index in [1.807, 2.05) is 0 Å². The zero-order chi connectivity index (χ0) is 9.10. The highest BCUT2D eigenvalue weighted by Gasteiger charge is 2.18. The first-order valence-corrected chi connectivity index (χ1v) is 5.56. The van der Waals surface area contributed by atoms with Crippen molar-refractivity contribution >= 4 is 6.21 Å². The normalized spacial score (nSPS) is 29.5. The molecule has 1 saturated carbocycles. The van der Waals surface area contributed by atoms with Crippen LogP contribution in [0.15, 0.2) is 16.1 Å². The Kier molecular flexibility index (Phi) is 2.82. The fourth-order valence-corrected chi connectivity index (χ4v) is 2.51. The smallest absolute Gasteiger partial charge is 0.0596 e. The Bertz CT molecular complexity index is 238. The molecule has 0 aromatic rings. The first kappa shape index (κ1) is 8.98. The van der Waals surface area contributed by atoms with E-state index in [1.54, 1.807) is 11.1 Å². The largest absolute Gasteiger partial charge is 0.292 e. The molecule has 0 saturated heterocycles. The van der Waals surface area contributed by atoms with Gasteiger partial charge in [0.05, 0.1) is 6.54 Å². The monoisotopic (exact) mass is 177 g/mol. The first-order chi connectivity index (χ1) is 6.38. The van der Waals surface area contributed by atoms with Crippen LogP contribution < -0.4 is 0 Å². The summed E-state index contributed by atoms with van der Waals surface area (Å²) in [5, 5.41) is 0. The van der Waals surface area contributed by atoms with E-state index in [-0.39, 0.29) is 0 Å². The number of allylic oxidation sites excluding steroid dienone is 1. The van der Waals surface area contributed by atoms with E-state index >= 15 is 0 Å². The Balaban J connectivity index is 2.13. The van der Waals surface area contributed by atoms with E-state index in [9.17, 15) is 0 Å². The SMILES string of the molecule is CC1=C2CCCCCCC2C=NC1. The van der Waals surface area contributed by atoms with Crippen LogP contribution in [-0.4, -0.2) is 12.8 Å². The van der Waals surface area contributed by atoms with Crippen LogP contribution in [0.5, 0.6) is 0 Å². The lowest BCUT2D eigenvalue weighted by Crippen LogP contribution is -2.15. The summed E-state index contributed by atoms with van der Waals surface area (Å²) in [6.07, 6.45) is 10.5. The summed E-state index contributed by atoms with van der Waals surface area (Å²) in [5.41, 5.74) is 3.27. The summed E-state index contributed by atoms with van der Waals surface area (Å²) >= 11 is 0. The van der Waals surface area contributed by atoms with Crippen LogP contribution >= 0.6 is 0 Å². The molecule has 13 heavy (non-hydrogen) atoms. The summed E-state index contributed by atoms with van der Waals surface area (Å²) in [6, 6.07) is 0. The van der Waals surface area contributed by atoms with E-state index in [1.165, 1.54) is 38.5 Å². The third kappa shape index (κ3) is 2.01. The maximum atomic E-state index is 4.43. The standard InChI is InChI=1S/C12H19N/c1-10-8-13-9-11-6-4-2-3-5-7-12(10)11/h9,11H,2-8H2,1H3. The molecular weight excluding hydrogens is 158 g/mol. The number of hydrogen-bond donors (Lipinski definition) is 0. The van der Waals surface area contributed by atoms with Gasteiger partial charge in [0.25, 0.3) is 0 Å². The number of rotatable bonds is 0. The van der Waals surface area contributed by atoms with Gasteiger partial charge in [-0.15, -0.1) is 0 Å². The second kappa shape index (κ2) is 4.08. The topological polar surface area (TPSA) is 12.4 Å². The molecule has 1 heterocycles. The molecule has 1 atom stereocenters. The Labute approximate surface area is 80.9 Å². The summed E-state index contributed by atoms with van der Waals surface area (Å²) < 4.78 is 0. The average molecular weight is 177 g/mol.